The molecule has 20 heavy (non-hydrogen) atoms. The fourth-order valence-corrected chi connectivity index (χ4v) is 2.36. The van der Waals surface area contributed by atoms with Crippen LogP contribution in [0.2, 0.25) is 0 Å². The number of rotatable bonds is 3. The zero-order valence-corrected chi connectivity index (χ0v) is 11.3. The number of aromatic nitrogens is 1. The molecule has 3 rings (SSSR count). The third kappa shape index (κ3) is 2.24. The van der Waals surface area contributed by atoms with E-state index in [1.807, 2.05) is 42.5 Å². The number of hydrogen-bond acceptors (Lipinski definition) is 3. The summed E-state index contributed by atoms with van der Waals surface area (Å²) in [6.07, 6.45) is 1.81. The summed E-state index contributed by atoms with van der Waals surface area (Å²) in [6.45, 7) is 0. The maximum Gasteiger partial charge on any atom is 0.118 e. The Hall–Kier alpha value is -2.39. The van der Waals surface area contributed by atoms with Crippen LogP contribution in [0.4, 0.5) is 0 Å². The van der Waals surface area contributed by atoms with Gasteiger partial charge in [0, 0.05) is 11.6 Å². The molecule has 0 aliphatic carbocycles. The van der Waals surface area contributed by atoms with E-state index in [4.69, 9.17) is 10.5 Å². The monoisotopic (exact) mass is 264 g/mol. The Morgan fingerprint density at radius 1 is 1.00 bits per heavy atom. The van der Waals surface area contributed by atoms with Gasteiger partial charge in [-0.05, 0) is 29.1 Å². The number of pyridine rings is 1. The standard InChI is InChI=1S/C17H16N2O/c1-20-14-8-6-13(7-9-14)16(18)17-15-5-3-2-4-12(15)10-11-19-17/h2-11,16H,18H2,1H3. The minimum absolute atomic E-state index is 0.244. The van der Waals surface area contributed by atoms with Crippen LogP contribution in [-0.2, 0) is 0 Å². The second-order valence-electron chi connectivity index (χ2n) is 4.67. The van der Waals surface area contributed by atoms with E-state index in [0.717, 1.165) is 27.8 Å². The molecule has 0 bridgehead atoms. The molecule has 2 aromatic carbocycles. The number of hydrogen-bond donors (Lipinski definition) is 1. The first-order valence-electron chi connectivity index (χ1n) is 6.53. The van der Waals surface area contributed by atoms with Crippen molar-refractivity contribution in [3.05, 3.63) is 72.1 Å². The molecule has 0 saturated heterocycles. The van der Waals surface area contributed by atoms with Gasteiger partial charge in [0.2, 0.25) is 0 Å². The molecule has 3 nitrogen and oxygen atoms in total. The molecule has 1 atom stereocenters. The Labute approximate surface area is 118 Å². The van der Waals surface area contributed by atoms with Gasteiger partial charge in [-0.2, -0.15) is 0 Å². The number of nitrogens with two attached hydrogens (primary N) is 1. The van der Waals surface area contributed by atoms with E-state index in [0.29, 0.717) is 0 Å². The van der Waals surface area contributed by atoms with Crippen molar-refractivity contribution in [2.24, 2.45) is 5.73 Å². The quantitative estimate of drug-likeness (QED) is 0.789. The van der Waals surface area contributed by atoms with Gasteiger partial charge in [-0.15, -0.1) is 0 Å². The normalized spacial score (nSPS) is 12.3. The topological polar surface area (TPSA) is 48.1 Å². The highest BCUT2D eigenvalue weighted by Crippen LogP contribution is 2.26. The molecular formula is C17H16N2O. The van der Waals surface area contributed by atoms with E-state index in [9.17, 15) is 0 Å². The largest absolute Gasteiger partial charge is 0.497 e. The molecule has 0 fully saturated rings. The van der Waals surface area contributed by atoms with Crippen LogP contribution in [0, 0.1) is 0 Å². The van der Waals surface area contributed by atoms with Gasteiger partial charge in [-0.1, -0.05) is 36.4 Å². The lowest BCUT2D eigenvalue weighted by Gasteiger charge is -2.14. The number of methoxy groups -OCH3 is 1. The third-order valence-electron chi connectivity index (χ3n) is 3.47. The van der Waals surface area contributed by atoms with Crippen LogP contribution in [0.5, 0.6) is 5.75 Å². The highest BCUT2D eigenvalue weighted by molar-refractivity contribution is 5.85. The third-order valence-corrected chi connectivity index (χ3v) is 3.47. The molecule has 0 saturated carbocycles. The minimum atomic E-state index is -0.244. The maximum atomic E-state index is 6.37. The van der Waals surface area contributed by atoms with Crippen molar-refractivity contribution in [3.63, 3.8) is 0 Å². The Kier molecular flexibility index (Phi) is 3.35. The summed E-state index contributed by atoms with van der Waals surface area (Å²) >= 11 is 0. The SMILES string of the molecule is COc1ccc(C(N)c2nccc3ccccc23)cc1. The van der Waals surface area contributed by atoms with E-state index in [1.54, 1.807) is 13.3 Å². The Balaban J connectivity index is 2.05. The van der Waals surface area contributed by atoms with Gasteiger partial charge in [-0.3, -0.25) is 4.98 Å². The summed E-state index contributed by atoms with van der Waals surface area (Å²) in [5.74, 6) is 0.826. The van der Waals surface area contributed by atoms with Crippen molar-refractivity contribution < 1.29 is 4.74 Å². The highest BCUT2D eigenvalue weighted by atomic mass is 16.5. The molecule has 1 aromatic heterocycles. The summed E-state index contributed by atoms with van der Waals surface area (Å²) in [7, 11) is 1.65. The van der Waals surface area contributed by atoms with Crippen molar-refractivity contribution in [1.29, 1.82) is 0 Å². The molecule has 0 radical (unpaired) electrons. The summed E-state index contributed by atoms with van der Waals surface area (Å²) in [5.41, 5.74) is 8.29. The van der Waals surface area contributed by atoms with Gasteiger partial charge in [0.1, 0.15) is 5.75 Å². The lowest BCUT2D eigenvalue weighted by molar-refractivity contribution is 0.414. The molecule has 0 aliphatic rings. The van der Waals surface area contributed by atoms with Crippen molar-refractivity contribution in [3.8, 4) is 5.75 Å². The Morgan fingerprint density at radius 2 is 1.75 bits per heavy atom. The first-order valence-corrected chi connectivity index (χ1v) is 6.53. The van der Waals surface area contributed by atoms with Crippen LogP contribution in [0.3, 0.4) is 0 Å². The zero-order valence-electron chi connectivity index (χ0n) is 11.3. The van der Waals surface area contributed by atoms with E-state index in [1.165, 1.54) is 0 Å². The Bertz CT molecular complexity index is 717. The molecule has 0 spiro atoms. The van der Waals surface area contributed by atoms with Crippen LogP contribution in [0.1, 0.15) is 17.3 Å². The lowest BCUT2D eigenvalue weighted by atomic mass is 9.99. The second kappa shape index (κ2) is 5.31. The summed E-state index contributed by atoms with van der Waals surface area (Å²) in [4.78, 5) is 4.47. The summed E-state index contributed by atoms with van der Waals surface area (Å²) < 4.78 is 5.17. The van der Waals surface area contributed by atoms with E-state index in [2.05, 4.69) is 17.1 Å². The maximum absolute atomic E-state index is 6.37. The van der Waals surface area contributed by atoms with Crippen LogP contribution in [-0.4, -0.2) is 12.1 Å². The van der Waals surface area contributed by atoms with Crippen LogP contribution in [0.25, 0.3) is 10.8 Å². The number of fused-ring (bicyclic) bond motifs is 1. The minimum Gasteiger partial charge on any atom is -0.497 e. The fraction of sp³-hybridized carbons (Fsp3) is 0.118. The average Bonchev–Trinajstić information content (AvgIpc) is 2.54. The smallest absolute Gasteiger partial charge is 0.118 e. The van der Waals surface area contributed by atoms with Gasteiger partial charge in [-0.25, -0.2) is 0 Å². The number of benzene rings is 2. The van der Waals surface area contributed by atoms with E-state index >= 15 is 0 Å². The molecule has 0 aliphatic heterocycles. The summed E-state index contributed by atoms with van der Waals surface area (Å²) in [6, 6.07) is 17.7. The number of nitrogens with zero attached hydrogens (tertiary/aromatic N) is 1. The molecule has 3 heteroatoms. The molecular weight excluding hydrogens is 248 g/mol. The first-order chi connectivity index (χ1) is 9.79. The predicted molar refractivity (Wildman–Crippen MR) is 80.8 cm³/mol. The fourth-order valence-electron chi connectivity index (χ4n) is 2.36. The van der Waals surface area contributed by atoms with Gasteiger partial charge in [0.15, 0.2) is 0 Å². The van der Waals surface area contributed by atoms with Crippen molar-refractivity contribution in [1.82, 2.24) is 4.98 Å². The van der Waals surface area contributed by atoms with E-state index < -0.39 is 0 Å². The molecule has 1 heterocycles. The van der Waals surface area contributed by atoms with Crippen LogP contribution >= 0.6 is 0 Å². The molecule has 1 unspecified atom stereocenters. The zero-order chi connectivity index (χ0) is 13.9. The number of ether oxygens (including phenoxy) is 1. The van der Waals surface area contributed by atoms with E-state index in [-0.39, 0.29) is 6.04 Å². The van der Waals surface area contributed by atoms with Crippen LogP contribution in [0.15, 0.2) is 60.8 Å². The van der Waals surface area contributed by atoms with Gasteiger partial charge >= 0.3 is 0 Å². The molecule has 2 N–H and O–H groups in total. The molecule has 100 valence electrons. The average molecular weight is 264 g/mol. The predicted octanol–water partition coefficient (Wildman–Crippen LogP) is 3.29. The van der Waals surface area contributed by atoms with Gasteiger partial charge in [0.05, 0.1) is 18.8 Å². The van der Waals surface area contributed by atoms with Crippen LogP contribution < -0.4 is 10.5 Å². The van der Waals surface area contributed by atoms with Crippen molar-refractivity contribution >= 4 is 10.8 Å². The summed E-state index contributed by atoms with van der Waals surface area (Å²) in [5, 5.41) is 2.25. The molecule has 3 aromatic rings. The lowest BCUT2D eigenvalue weighted by Crippen LogP contribution is -2.13. The highest BCUT2D eigenvalue weighted by Gasteiger charge is 2.13. The van der Waals surface area contributed by atoms with Crippen molar-refractivity contribution in [2.75, 3.05) is 7.11 Å². The van der Waals surface area contributed by atoms with Gasteiger partial charge in [0.25, 0.3) is 0 Å². The van der Waals surface area contributed by atoms with Crippen molar-refractivity contribution in [2.45, 2.75) is 6.04 Å². The second-order valence-corrected chi connectivity index (χ2v) is 4.67. The van der Waals surface area contributed by atoms with Gasteiger partial charge < -0.3 is 10.5 Å². The first kappa shape index (κ1) is 12.6. The molecule has 0 amide bonds. The Morgan fingerprint density at radius 3 is 2.50 bits per heavy atom.